The van der Waals surface area contributed by atoms with Crippen molar-refractivity contribution < 1.29 is 22.7 Å². The molecule has 2 aliphatic rings. The maximum absolute atomic E-state index is 12.5. The van der Waals surface area contributed by atoms with Gasteiger partial charge < -0.3 is 9.64 Å². The molecule has 2 N–H and O–H groups in total. The molecule has 0 bridgehead atoms. The van der Waals surface area contributed by atoms with E-state index in [1.807, 2.05) is 6.07 Å². The molecule has 1 atom stereocenters. The second-order valence-corrected chi connectivity index (χ2v) is 9.72. The molecule has 10 nitrogen and oxygen atoms in total. The topological polar surface area (TPSA) is 141 Å². The van der Waals surface area contributed by atoms with E-state index in [1.54, 1.807) is 18.2 Å². The third-order valence-electron chi connectivity index (χ3n) is 5.09. The Kier molecular flexibility index (Phi) is 7.81. The zero-order chi connectivity index (χ0) is 22.3. The van der Waals surface area contributed by atoms with Crippen LogP contribution in [0.4, 0.5) is 4.79 Å². The predicted molar refractivity (Wildman–Crippen MR) is 111 cm³/mol. The van der Waals surface area contributed by atoms with Crippen LogP contribution >= 0.6 is 0 Å². The Bertz CT molecular complexity index is 942. The van der Waals surface area contributed by atoms with Gasteiger partial charge in [-0.1, -0.05) is 12.5 Å². The van der Waals surface area contributed by atoms with Crippen LogP contribution in [0.1, 0.15) is 50.3 Å². The van der Waals surface area contributed by atoms with Crippen LogP contribution < -0.4 is 14.8 Å². The lowest BCUT2D eigenvalue weighted by atomic mass is 10.1. The summed E-state index contributed by atoms with van der Waals surface area (Å²) in [4.78, 5) is 28.4. The predicted octanol–water partition coefficient (Wildman–Crippen LogP) is 1.47. The number of nitrogens with zero attached hydrogens (tertiary/aromatic N) is 3. The minimum absolute atomic E-state index is 0.0452. The number of hydrogen-bond acceptors (Lipinski definition) is 7. The molecule has 1 aliphatic carbocycles. The monoisotopic (exact) mass is 449 g/mol. The molecule has 1 aromatic heterocycles. The molecule has 2 fully saturated rings. The first-order valence-corrected chi connectivity index (χ1v) is 12.1. The minimum atomic E-state index is -3.63. The summed E-state index contributed by atoms with van der Waals surface area (Å²) >= 11 is 0. The normalized spacial score (nSPS) is 17.3. The molecule has 3 rings (SSSR count). The lowest BCUT2D eigenvalue weighted by molar-refractivity contribution is -0.118. The van der Waals surface area contributed by atoms with E-state index in [2.05, 4.69) is 15.0 Å². The van der Waals surface area contributed by atoms with Crippen LogP contribution in [0.3, 0.4) is 0 Å². The largest absolute Gasteiger partial charge is 0.477 e. The number of pyridine rings is 1. The van der Waals surface area contributed by atoms with Crippen LogP contribution in [-0.4, -0.2) is 55.7 Å². The van der Waals surface area contributed by atoms with Gasteiger partial charge in [0.15, 0.2) is 0 Å². The van der Waals surface area contributed by atoms with Crippen molar-refractivity contribution in [3.05, 3.63) is 23.9 Å². The van der Waals surface area contributed by atoms with Crippen LogP contribution in [0.15, 0.2) is 18.2 Å². The van der Waals surface area contributed by atoms with Gasteiger partial charge in [0, 0.05) is 12.6 Å². The number of ether oxygens (including phenoxy) is 1. The molecule has 168 valence electrons. The number of urea groups is 1. The molecule has 1 saturated heterocycles. The molecule has 2 heterocycles. The first-order chi connectivity index (χ1) is 14.9. The number of carbonyl (C=O) groups excluding carboxylic acids is 2. The number of sulfonamides is 1. The van der Waals surface area contributed by atoms with Gasteiger partial charge in [-0.3, -0.25) is 10.1 Å². The van der Waals surface area contributed by atoms with Crippen molar-refractivity contribution in [3.63, 3.8) is 0 Å². The molecule has 31 heavy (non-hydrogen) atoms. The number of imide groups is 1. The summed E-state index contributed by atoms with van der Waals surface area (Å²) in [7, 11) is -3.63. The lowest BCUT2D eigenvalue weighted by Crippen LogP contribution is -2.31. The van der Waals surface area contributed by atoms with Gasteiger partial charge in [0.05, 0.1) is 36.6 Å². The highest BCUT2D eigenvalue weighted by Gasteiger charge is 2.26. The highest BCUT2D eigenvalue weighted by Crippen LogP contribution is 2.29. The summed E-state index contributed by atoms with van der Waals surface area (Å²) in [5, 5.41) is 11.3. The fourth-order valence-corrected chi connectivity index (χ4v) is 4.54. The number of rotatable bonds is 13. The van der Waals surface area contributed by atoms with Crippen molar-refractivity contribution in [1.82, 2.24) is 19.9 Å². The van der Waals surface area contributed by atoms with E-state index in [0.717, 1.165) is 12.8 Å². The van der Waals surface area contributed by atoms with Crippen LogP contribution in [0.2, 0.25) is 0 Å². The summed E-state index contributed by atoms with van der Waals surface area (Å²) in [5.74, 6) is 0.573. The van der Waals surface area contributed by atoms with Crippen molar-refractivity contribution in [3.8, 4) is 11.9 Å². The van der Waals surface area contributed by atoms with E-state index < -0.39 is 22.1 Å². The number of nitriles is 1. The molecule has 0 radical (unpaired) electrons. The van der Waals surface area contributed by atoms with Crippen molar-refractivity contribution in [2.45, 2.75) is 44.6 Å². The molecule has 0 spiro atoms. The average molecular weight is 450 g/mol. The molecule has 0 unspecified atom stereocenters. The van der Waals surface area contributed by atoms with Gasteiger partial charge in [-0.2, -0.15) is 5.26 Å². The van der Waals surface area contributed by atoms with E-state index in [0.29, 0.717) is 49.9 Å². The van der Waals surface area contributed by atoms with Crippen molar-refractivity contribution >= 4 is 22.0 Å². The molecule has 1 saturated carbocycles. The van der Waals surface area contributed by atoms with Gasteiger partial charge in [-0.15, -0.1) is 0 Å². The molecule has 0 aromatic carbocycles. The number of carbonyl (C=O) groups is 2. The second-order valence-electron chi connectivity index (χ2n) is 7.84. The van der Waals surface area contributed by atoms with E-state index in [-0.39, 0.29) is 24.6 Å². The minimum Gasteiger partial charge on any atom is -0.477 e. The summed E-state index contributed by atoms with van der Waals surface area (Å²) in [6, 6.07) is 5.98. The van der Waals surface area contributed by atoms with Crippen molar-refractivity contribution in [2.75, 3.05) is 25.4 Å². The van der Waals surface area contributed by atoms with Crippen LogP contribution in [0, 0.1) is 17.2 Å². The van der Waals surface area contributed by atoms with E-state index in [4.69, 9.17) is 10.00 Å². The zero-order valence-corrected chi connectivity index (χ0v) is 18.1. The van der Waals surface area contributed by atoms with E-state index >= 15 is 0 Å². The maximum Gasteiger partial charge on any atom is 0.324 e. The number of unbranched alkanes of at least 4 members (excludes halogenated alkanes) is 2. The Morgan fingerprint density at radius 2 is 2.10 bits per heavy atom. The fourth-order valence-electron chi connectivity index (χ4n) is 3.20. The Morgan fingerprint density at radius 1 is 1.29 bits per heavy atom. The fraction of sp³-hybridized carbons (Fsp3) is 0.600. The first-order valence-electron chi connectivity index (χ1n) is 10.4. The standard InChI is InChI=1S/C20H27N5O5S/c21-10-9-17(16-5-4-6-19(22-16)30-14-15-7-8-15)24-31(28,29)12-3-1-2-11-25-13-18(26)23-20(25)27/h4-6,15,17,24H,1-3,7-9,11-14H2,(H,23,26,27)/t17-/m1/s1. The average Bonchev–Trinajstić information content (AvgIpc) is 3.50. The van der Waals surface area contributed by atoms with E-state index in [1.165, 1.54) is 4.90 Å². The summed E-state index contributed by atoms with van der Waals surface area (Å²) < 4.78 is 33.3. The smallest absolute Gasteiger partial charge is 0.324 e. The van der Waals surface area contributed by atoms with Crippen LogP contribution in [0.5, 0.6) is 5.88 Å². The Balaban J connectivity index is 1.46. The summed E-state index contributed by atoms with van der Waals surface area (Å²) in [5.41, 5.74) is 0.447. The third-order valence-corrected chi connectivity index (χ3v) is 6.56. The van der Waals surface area contributed by atoms with Gasteiger partial charge in [0.2, 0.25) is 21.8 Å². The highest BCUT2D eigenvalue weighted by molar-refractivity contribution is 7.89. The molecule has 11 heteroatoms. The van der Waals surface area contributed by atoms with Gasteiger partial charge in [0.25, 0.3) is 0 Å². The van der Waals surface area contributed by atoms with Gasteiger partial charge >= 0.3 is 6.03 Å². The third kappa shape index (κ3) is 7.48. The number of amides is 3. The Labute approximate surface area is 182 Å². The van der Waals surface area contributed by atoms with Gasteiger partial charge in [-0.05, 0) is 37.7 Å². The number of aromatic nitrogens is 1. The number of nitrogens with one attached hydrogen (secondary N) is 2. The van der Waals surface area contributed by atoms with Crippen LogP contribution in [0.25, 0.3) is 0 Å². The SMILES string of the molecule is N#CC[C@@H](NS(=O)(=O)CCCCCN1CC(=O)NC1=O)c1cccc(OCC2CC2)n1. The maximum atomic E-state index is 12.5. The summed E-state index contributed by atoms with van der Waals surface area (Å²) in [6.45, 7) is 1.04. The molecular weight excluding hydrogens is 422 g/mol. The highest BCUT2D eigenvalue weighted by atomic mass is 32.2. The molecule has 1 aromatic rings. The Hall–Kier alpha value is -2.71. The quantitative estimate of drug-likeness (QED) is 0.343. The molecule has 3 amide bonds. The van der Waals surface area contributed by atoms with Crippen molar-refractivity contribution in [2.24, 2.45) is 5.92 Å². The summed E-state index contributed by atoms with van der Waals surface area (Å²) in [6.07, 6.45) is 3.84. The lowest BCUT2D eigenvalue weighted by Gasteiger charge is -2.17. The molecule has 1 aliphatic heterocycles. The Morgan fingerprint density at radius 3 is 2.77 bits per heavy atom. The zero-order valence-electron chi connectivity index (χ0n) is 17.2. The second kappa shape index (κ2) is 10.5. The van der Waals surface area contributed by atoms with Gasteiger partial charge in [0.1, 0.15) is 6.54 Å². The van der Waals surface area contributed by atoms with Crippen LogP contribution in [-0.2, 0) is 14.8 Å². The molecular formula is C20H27N5O5S. The van der Waals surface area contributed by atoms with E-state index in [9.17, 15) is 18.0 Å². The first kappa shape index (κ1) is 23.0. The van der Waals surface area contributed by atoms with Gasteiger partial charge in [-0.25, -0.2) is 22.9 Å². The number of hydrogen-bond donors (Lipinski definition) is 2. The van der Waals surface area contributed by atoms with Crippen molar-refractivity contribution in [1.29, 1.82) is 5.26 Å².